The number of amides is 1. The van der Waals surface area contributed by atoms with E-state index in [0.717, 1.165) is 0 Å². The predicted octanol–water partition coefficient (Wildman–Crippen LogP) is 4.03. The van der Waals surface area contributed by atoms with Crippen LogP contribution in [-0.4, -0.2) is 15.9 Å². The number of nitro groups is 1. The van der Waals surface area contributed by atoms with E-state index in [1.165, 1.54) is 30.3 Å². The number of anilines is 1. The Morgan fingerprint density at radius 2 is 2.04 bits per heavy atom. The van der Waals surface area contributed by atoms with Crippen molar-refractivity contribution in [3.8, 4) is 11.5 Å². The van der Waals surface area contributed by atoms with Gasteiger partial charge < -0.3 is 19.6 Å². The quantitative estimate of drug-likeness (QED) is 0.501. The molecule has 0 fully saturated rings. The SMILES string of the molecule is Cc1cc(OCc2ccc(C(=O)Nc3cccc(O)c3)o2)ccc1[N+](=O)[O-]. The molecule has 2 aromatic carbocycles. The molecule has 8 nitrogen and oxygen atoms in total. The standard InChI is InChI=1S/C19H16N2O6/c1-12-9-15(5-7-17(12)21(24)25)26-11-16-6-8-18(27-16)19(23)20-13-3-2-4-14(22)10-13/h2-10,22H,11H2,1H3,(H,20,23). The molecule has 0 atom stereocenters. The van der Waals surface area contributed by atoms with Gasteiger partial charge in [-0.2, -0.15) is 0 Å². The Labute approximate surface area is 154 Å². The van der Waals surface area contributed by atoms with E-state index < -0.39 is 10.8 Å². The van der Waals surface area contributed by atoms with E-state index in [9.17, 15) is 20.0 Å². The first-order valence-corrected chi connectivity index (χ1v) is 7.99. The molecule has 1 aromatic heterocycles. The normalized spacial score (nSPS) is 10.4. The number of nitrogens with zero attached hydrogens (tertiary/aromatic N) is 1. The van der Waals surface area contributed by atoms with Gasteiger partial charge in [-0.15, -0.1) is 0 Å². The Kier molecular flexibility index (Phi) is 5.07. The number of hydrogen-bond donors (Lipinski definition) is 2. The summed E-state index contributed by atoms with van der Waals surface area (Å²) >= 11 is 0. The fourth-order valence-electron chi connectivity index (χ4n) is 2.43. The molecule has 1 amide bonds. The van der Waals surface area contributed by atoms with Crippen molar-refractivity contribution in [2.75, 3.05) is 5.32 Å². The van der Waals surface area contributed by atoms with E-state index in [2.05, 4.69) is 5.32 Å². The van der Waals surface area contributed by atoms with Crippen LogP contribution in [0.15, 0.2) is 59.0 Å². The number of aromatic hydroxyl groups is 1. The Morgan fingerprint density at radius 1 is 1.22 bits per heavy atom. The van der Waals surface area contributed by atoms with Crippen molar-refractivity contribution >= 4 is 17.3 Å². The monoisotopic (exact) mass is 368 g/mol. The number of phenolic OH excluding ortho intramolecular Hbond substituents is 1. The molecule has 0 unspecified atom stereocenters. The van der Waals surface area contributed by atoms with Gasteiger partial charge in [0.2, 0.25) is 0 Å². The number of ether oxygens (including phenoxy) is 1. The van der Waals surface area contributed by atoms with Crippen LogP contribution in [0.5, 0.6) is 11.5 Å². The van der Waals surface area contributed by atoms with Crippen LogP contribution < -0.4 is 10.1 Å². The van der Waals surface area contributed by atoms with Gasteiger partial charge in [0.1, 0.15) is 23.9 Å². The number of carbonyl (C=O) groups is 1. The summed E-state index contributed by atoms with van der Waals surface area (Å²) in [6, 6.07) is 13.7. The summed E-state index contributed by atoms with van der Waals surface area (Å²) in [5.41, 5.74) is 0.949. The summed E-state index contributed by atoms with van der Waals surface area (Å²) in [4.78, 5) is 22.5. The van der Waals surface area contributed by atoms with Gasteiger partial charge in [-0.05, 0) is 43.3 Å². The third kappa shape index (κ3) is 4.43. The van der Waals surface area contributed by atoms with Crippen molar-refractivity contribution in [1.82, 2.24) is 0 Å². The maximum absolute atomic E-state index is 12.2. The van der Waals surface area contributed by atoms with Crippen LogP contribution in [0.1, 0.15) is 21.9 Å². The van der Waals surface area contributed by atoms with E-state index in [-0.39, 0.29) is 23.8 Å². The van der Waals surface area contributed by atoms with Crippen LogP contribution in [0, 0.1) is 17.0 Å². The number of aryl methyl sites for hydroxylation is 1. The number of furan rings is 1. The fourth-order valence-corrected chi connectivity index (χ4v) is 2.43. The second-order valence-corrected chi connectivity index (χ2v) is 5.76. The van der Waals surface area contributed by atoms with E-state index in [4.69, 9.17) is 9.15 Å². The molecule has 0 aliphatic heterocycles. The minimum atomic E-state index is -0.460. The minimum Gasteiger partial charge on any atom is -0.508 e. The lowest BCUT2D eigenvalue weighted by molar-refractivity contribution is -0.385. The molecular weight excluding hydrogens is 352 g/mol. The lowest BCUT2D eigenvalue weighted by atomic mass is 10.2. The maximum Gasteiger partial charge on any atom is 0.291 e. The van der Waals surface area contributed by atoms with Gasteiger partial charge in [0.25, 0.3) is 11.6 Å². The second-order valence-electron chi connectivity index (χ2n) is 5.76. The zero-order chi connectivity index (χ0) is 19.4. The van der Waals surface area contributed by atoms with Crippen molar-refractivity contribution < 1.29 is 24.0 Å². The van der Waals surface area contributed by atoms with Crippen LogP contribution in [0.4, 0.5) is 11.4 Å². The van der Waals surface area contributed by atoms with Crippen LogP contribution >= 0.6 is 0 Å². The molecule has 0 bridgehead atoms. The summed E-state index contributed by atoms with van der Waals surface area (Å²) < 4.78 is 11.0. The molecule has 8 heteroatoms. The smallest absolute Gasteiger partial charge is 0.291 e. The summed E-state index contributed by atoms with van der Waals surface area (Å²) in [5, 5.41) is 22.9. The van der Waals surface area contributed by atoms with E-state index >= 15 is 0 Å². The van der Waals surface area contributed by atoms with Crippen LogP contribution in [-0.2, 0) is 6.61 Å². The van der Waals surface area contributed by atoms with Crippen molar-refractivity contribution in [2.24, 2.45) is 0 Å². The zero-order valence-corrected chi connectivity index (χ0v) is 14.3. The van der Waals surface area contributed by atoms with Gasteiger partial charge in [-0.1, -0.05) is 6.07 Å². The molecule has 138 valence electrons. The number of benzene rings is 2. The number of rotatable bonds is 6. The van der Waals surface area contributed by atoms with Crippen LogP contribution in [0.2, 0.25) is 0 Å². The van der Waals surface area contributed by atoms with Crippen molar-refractivity contribution in [3.63, 3.8) is 0 Å². The summed E-state index contributed by atoms with van der Waals surface area (Å²) in [6.07, 6.45) is 0. The topological polar surface area (TPSA) is 115 Å². The Hall–Kier alpha value is -3.81. The van der Waals surface area contributed by atoms with E-state index in [1.807, 2.05) is 0 Å². The Morgan fingerprint density at radius 3 is 2.74 bits per heavy atom. The molecule has 0 aliphatic rings. The van der Waals surface area contributed by atoms with Gasteiger partial charge >= 0.3 is 0 Å². The van der Waals surface area contributed by atoms with Crippen molar-refractivity contribution in [1.29, 1.82) is 0 Å². The van der Waals surface area contributed by atoms with Gasteiger partial charge in [0, 0.05) is 23.4 Å². The summed E-state index contributed by atoms with van der Waals surface area (Å²) in [6.45, 7) is 1.69. The highest BCUT2D eigenvalue weighted by atomic mass is 16.6. The molecule has 0 spiro atoms. The van der Waals surface area contributed by atoms with Gasteiger partial charge in [-0.3, -0.25) is 14.9 Å². The molecule has 1 heterocycles. The summed E-state index contributed by atoms with van der Waals surface area (Å²) in [7, 11) is 0. The molecule has 0 aliphatic carbocycles. The average molecular weight is 368 g/mol. The van der Waals surface area contributed by atoms with Crippen LogP contribution in [0.25, 0.3) is 0 Å². The van der Waals surface area contributed by atoms with Crippen molar-refractivity contribution in [3.05, 3.63) is 81.8 Å². The first-order chi connectivity index (χ1) is 12.9. The average Bonchev–Trinajstić information content (AvgIpc) is 3.09. The van der Waals surface area contributed by atoms with Gasteiger partial charge in [0.05, 0.1) is 4.92 Å². The highest BCUT2D eigenvalue weighted by Gasteiger charge is 2.13. The number of nitro benzene ring substituents is 1. The Bertz CT molecular complexity index is 995. The number of carbonyl (C=O) groups excluding carboxylic acids is 1. The molecule has 2 N–H and O–H groups in total. The highest BCUT2D eigenvalue weighted by molar-refractivity contribution is 6.02. The lowest BCUT2D eigenvalue weighted by Crippen LogP contribution is -2.10. The number of phenols is 1. The third-order valence-electron chi connectivity index (χ3n) is 3.74. The predicted molar refractivity (Wildman–Crippen MR) is 96.9 cm³/mol. The van der Waals surface area contributed by atoms with Crippen molar-refractivity contribution in [2.45, 2.75) is 13.5 Å². The lowest BCUT2D eigenvalue weighted by Gasteiger charge is -2.06. The number of hydrogen-bond acceptors (Lipinski definition) is 6. The molecule has 27 heavy (non-hydrogen) atoms. The molecular formula is C19H16N2O6. The first kappa shape index (κ1) is 18.0. The molecule has 3 aromatic rings. The Balaban J connectivity index is 1.61. The maximum atomic E-state index is 12.2. The molecule has 0 saturated carbocycles. The first-order valence-electron chi connectivity index (χ1n) is 7.99. The number of nitrogens with one attached hydrogen (secondary N) is 1. The molecule has 0 radical (unpaired) electrons. The summed E-state index contributed by atoms with van der Waals surface area (Å²) in [5.74, 6) is 0.557. The molecule has 0 saturated heterocycles. The zero-order valence-electron chi connectivity index (χ0n) is 14.3. The second kappa shape index (κ2) is 7.61. The van der Waals surface area contributed by atoms with Gasteiger partial charge in [0.15, 0.2) is 5.76 Å². The van der Waals surface area contributed by atoms with Gasteiger partial charge in [-0.25, -0.2) is 0 Å². The highest BCUT2D eigenvalue weighted by Crippen LogP contribution is 2.24. The minimum absolute atomic E-state index is 0.0197. The van der Waals surface area contributed by atoms with Crippen LogP contribution in [0.3, 0.4) is 0 Å². The van der Waals surface area contributed by atoms with E-state index in [1.54, 1.807) is 31.2 Å². The van der Waals surface area contributed by atoms with E-state index in [0.29, 0.717) is 22.8 Å². The molecule has 3 rings (SSSR count). The fraction of sp³-hybridized carbons (Fsp3) is 0.105. The third-order valence-corrected chi connectivity index (χ3v) is 3.74. The largest absolute Gasteiger partial charge is 0.508 e.